The van der Waals surface area contributed by atoms with E-state index in [4.69, 9.17) is 32.5 Å². The quantitative estimate of drug-likeness (QED) is 0.399. The third kappa shape index (κ3) is 8.84. The number of aromatic nitrogens is 1. The summed E-state index contributed by atoms with van der Waals surface area (Å²) in [6, 6.07) is 14.7. The second-order valence-corrected chi connectivity index (χ2v) is 9.04. The van der Waals surface area contributed by atoms with E-state index in [2.05, 4.69) is 5.32 Å². The van der Waals surface area contributed by atoms with Gasteiger partial charge in [0.25, 0.3) is 16.0 Å². The molecule has 1 amide bonds. The number of carbonyl (C=O) groups excluding carboxylic acids is 1. The van der Waals surface area contributed by atoms with Crippen LogP contribution in [0.15, 0.2) is 71.9 Å². The molecule has 2 aromatic carbocycles. The number of halogens is 2. The van der Waals surface area contributed by atoms with Crippen molar-refractivity contribution in [3.05, 3.63) is 88.2 Å². The van der Waals surface area contributed by atoms with Crippen LogP contribution in [0.5, 0.6) is 5.75 Å². The van der Waals surface area contributed by atoms with Gasteiger partial charge in [0.1, 0.15) is 12.8 Å². The van der Waals surface area contributed by atoms with Crippen LogP contribution in [0.4, 0.5) is 0 Å². The lowest BCUT2D eigenvalue weighted by molar-refractivity contribution is -0.671. The Morgan fingerprint density at radius 3 is 2.38 bits per heavy atom. The van der Waals surface area contributed by atoms with Gasteiger partial charge in [0.15, 0.2) is 19.0 Å². The van der Waals surface area contributed by atoms with Gasteiger partial charge in [-0.2, -0.15) is 8.42 Å². The van der Waals surface area contributed by atoms with E-state index in [1.807, 2.05) is 43.1 Å². The first-order chi connectivity index (χ1) is 15.0. The minimum Gasteiger partial charge on any atom is -0.484 e. The summed E-state index contributed by atoms with van der Waals surface area (Å²) in [5.41, 5.74) is 1.97. The Balaban J connectivity index is 0.000000278. The Morgan fingerprint density at radius 2 is 1.78 bits per heavy atom. The lowest BCUT2D eigenvalue weighted by atomic mass is 10.2. The Bertz CT molecular complexity index is 1170. The van der Waals surface area contributed by atoms with Crippen molar-refractivity contribution in [1.29, 1.82) is 0 Å². The molecule has 7 nitrogen and oxygen atoms in total. The molecule has 0 saturated carbocycles. The van der Waals surface area contributed by atoms with Crippen molar-refractivity contribution in [2.75, 3.05) is 6.61 Å². The molecular formula is C22H23Cl2N2O5S+. The van der Waals surface area contributed by atoms with E-state index in [0.717, 1.165) is 11.1 Å². The fourth-order valence-electron chi connectivity index (χ4n) is 2.43. The highest BCUT2D eigenvalue weighted by molar-refractivity contribution is 7.85. The summed E-state index contributed by atoms with van der Waals surface area (Å²) in [6.07, 6.45) is 3.87. The van der Waals surface area contributed by atoms with Gasteiger partial charge < -0.3 is 10.1 Å². The van der Waals surface area contributed by atoms with Crippen LogP contribution in [-0.4, -0.2) is 25.5 Å². The van der Waals surface area contributed by atoms with Crippen LogP contribution in [0.2, 0.25) is 10.0 Å². The Hall–Kier alpha value is -2.65. The van der Waals surface area contributed by atoms with Gasteiger partial charge in [0.2, 0.25) is 0 Å². The lowest BCUT2D eigenvalue weighted by Crippen LogP contribution is -2.31. The van der Waals surface area contributed by atoms with E-state index in [-0.39, 0.29) is 17.4 Å². The van der Waals surface area contributed by atoms with E-state index in [1.165, 1.54) is 12.1 Å². The molecule has 32 heavy (non-hydrogen) atoms. The number of nitrogens with zero attached hydrogens (tertiary/aromatic N) is 1. The smallest absolute Gasteiger partial charge is 0.294 e. The molecule has 0 spiro atoms. The first-order valence-electron chi connectivity index (χ1n) is 9.37. The molecule has 0 radical (unpaired) electrons. The standard InChI is InChI=1S/C15H14Cl2N2O2.C7H8O3S/c1-19-6-2-3-11(9-19)8-18-15(20)10-21-12-4-5-13(16)14(17)7-12;1-6-2-4-7(5-3-6)11(8,9)10/h2-7,9H,8,10H2,1H3;2-5H,1H3,(H,8,9,10)/p+1. The molecule has 0 atom stereocenters. The van der Waals surface area contributed by atoms with Crippen LogP contribution in [0, 0.1) is 6.92 Å². The zero-order valence-corrected chi connectivity index (χ0v) is 19.8. The van der Waals surface area contributed by atoms with Crippen LogP contribution in [0.25, 0.3) is 0 Å². The normalized spacial score (nSPS) is 10.7. The molecular weight excluding hydrogens is 475 g/mol. The third-order valence-electron chi connectivity index (χ3n) is 4.07. The minimum atomic E-state index is -4.02. The van der Waals surface area contributed by atoms with Crippen molar-refractivity contribution >= 4 is 39.2 Å². The number of amides is 1. The van der Waals surface area contributed by atoms with Crippen LogP contribution >= 0.6 is 23.2 Å². The molecule has 1 aromatic heterocycles. The van der Waals surface area contributed by atoms with Crippen molar-refractivity contribution in [2.24, 2.45) is 7.05 Å². The van der Waals surface area contributed by atoms with Crippen molar-refractivity contribution in [2.45, 2.75) is 18.4 Å². The zero-order valence-electron chi connectivity index (χ0n) is 17.5. The van der Waals surface area contributed by atoms with Gasteiger partial charge >= 0.3 is 0 Å². The maximum Gasteiger partial charge on any atom is 0.294 e. The lowest BCUT2D eigenvalue weighted by Gasteiger charge is -2.08. The SMILES string of the molecule is C[n+]1cccc(CNC(=O)COc2ccc(Cl)c(Cl)c2)c1.Cc1ccc(S(=O)(=O)O)cc1. The maximum atomic E-state index is 11.7. The van der Waals surface area contributed by atoms with Crippen LogP contribution < -0.4 is 14.6 Å². The maximum absolute atomic E-state index is 11.7. The molecule has 0 aliphatic rings. The van der Waals surface area contributed by atoms with Gasteiger partial charge in [-0.3, -0.25) is 9.35 Å². The minimum absolute atomic E-state index is 0.0666. The van der Waals surface area contributed by atoms with E-state index in [9.17, 15) is 13.2 Å². The molecule has 3 rings (SSSR count). The molecule has 10 heteroatoms. The molecule has 170 valence electrons. The second kappa shape index (κ2) is 11.8. The largest absolute Gasteiger partial charge is 0.484 e. The summed E-state index contributed by atoms with van der Waals surface area (Å²) >= 11 is 11.7. The predicted molar refractivity (Wildman–Crippen MR) is 122 cm³/mol. The van der Waals surface area contributed by atoms with Gasteiger partial charge in [-0.1, -0.05) is 40.9 Å². The highest BCUT2D eigenvalue weighted by atomic mass is 35.5. The number of carbonyl (C=O) groups is 1. The van der Waals surface area contributed by atoms with Crippen molar-refractivity contribution in [3.8, 4) is 5.75 Å². The van der Waals surface area contributed by atoms with Gasteiger partial charge in [0, 0.05) is 24.2 Å². The van der Waals surface area contributed by atoms with E-state index in [0.29, 0.717) is 22.3 Å². The first kappa shape index (κ1) is 25.6. The third-order valence-corrected chi connectivity index (χ3v) is 5.68. The molecule has 1 heterocycles. The zero-order chi connectivity index (χ0) is 23.7. The molecule has 0 bridgehead atoms. The van der Waals surface area contributed by atoms with Crippen LogP contribution in [0.1, 0.15) is 11.1 Å². The number of rotatable bonds is 6. The predicted octanol–water partition coefficient (Wildman–Crippen LogP) is 3.75. The van der Waals surface area contributed by atoms with Gasteiger partial charge in [-0.25, -0.2) is 4.57 Å². The molecule has 2 N–H and O–H groups in total. The summed E-state index contributed by atoms with van der Waals surface area (Å²) < 4.78 is 36.8. The van der Waals surface area contributed by atoms with Gasteiger partial charge in [-0.05, 0) is 37.3 Å². The molecule has 0 aliphatic heterocycles. The number of aryl methyl sites for hydroxylation is 2. The average molecular weight is 498 g/mol. The van der Waals surface area contributed by atoms with Crippen LogP contribution in [0.3, 0.4) is 0 Å². The number of nitrogens with one attached hydrogen (secondary N) is 1. The van der Waals surface area contributed by atoms with Gasteiger partial charge in [0.05, 0.1) is 14.9 Å². The Labute approximate surface area is 197 Å². The Morgan fingerprint density at radius 1 is 1.09 bits per heavy atom. The fourth-order valence-corrected chi connectivity index (χ4v) is 3.20. The number of pyridine rings is 1. The summed E-state index contributed by atoms with van der Waals surface area (Å²) in [7, 11) is -2.09. The molecule has 0 aliphatic carbocycles. The number of hydrogen-bond acceptors (Lipinski definition) is 4. The van der Waals surface area contributed by atoms with Crippen molar-refractivity contribution < 1.29 is 27.1 Å². The number of benzene rings is 2. The monoisotopic (exact) mass is 497 g/mol. The summed E-state index contributed by atoms with van der Waals surface area (Å²) in [6.45, 7) is 2.23. The Kier molecular flexibility index (Phi) is 9.46. The average Bonchev–Trinajstić information content (AvgIpc) is 2.73. The highest BCUT2D eigenvalue weighted by Crippen LogP contribution is 2.26. The number of ether oxygens (including phenoxy) is 1. The van der Waals surface area contributed by atoms with E-state index in [1.54, 1.807) is 30.3 Å². The number of hydrogen-bond donors (Lipinski definition) is 2. The first-order valence-corrected chi connectivity index (χ1v) is 11.6. The molecule has 0 fully saturated rings. The van der Waals surface area contributed by atoms with Crippen molar-refractivity contribution in [3.63, 3.8) is 0 Å². The summed E-state index contributed by atoms with van der Waals surface area (Å²) in [4.78, 5) is 11.7. The molecule has 0 saturated heterocycles. The van der Waals surface area contributed by atoms with Crippen LogP contribution in [-0.2, 0) is 28.5 Å². The summed E-state index contributed by atoms with van der Waals surface area (Å²) in [5, 5.41) is 3.63. The molecule has 0 unspecified atom stereocenters. The van der Waals surface area contributed by atoms with E-state index < -0.39 is 10.1 Å². The van der Waals surface area contributed by atoms with E-state index >= 15 is 0 Å². The second-order valence-electron chi connectivity index (χ2n) is 6.81. The summed E-state index contributed by atoms with van der Waals surface area (Å²) in [5.74, 6) is 0.304. The topological polar surface area (TPSA) is 96.6 Å². The fraction of sp³-hybridized carbons (Fsp3) is 0.182. The van der Waals surface area contributed by atoms with Gasteiger partial charge in [-0.15, -0.1) is 0 Å². The highest BCUT2D eigenvalue weighted by Gasteiger charge is 2.07. The molecule has 3 aromatic rings. The van der Waals surface area contributed by atoms with Crippen molar-refractivity contribution in [1.82, 2.24) is 5.32 Å².